The molecular formula is C17H21FNO3+. The van der Waals surface area contributed by atoms with Gasteiger partial charge in [0, 0.05) is 11.1 Å². The smallest absolute Gasteiger partial charge is 0.203 e. The van der Waals surface area contributed by atoms with E-state index in [1.54, 1.807) is 33.5 Å². The summed E-state index contributed by atoms with van der Waals surface area (Å²) in [6.07, 6.45) is 0. The van der Waals surface area contributed by atoms with Crippen LogP contribution in [0, 0.1) is 5.82 Å². The minimum atomic E-state index is -0.214. The zero-order valence-corrected chi connectivity index (χ0v) is 13.1. The molecule has 0 unspecified atom stereocenters. The summed E-state index contributed by atoms with van der Waals surface area (Å²) in [5.74, 6) is 1.67. The number of rotatable bonds is 7. The molecule has 0 fully saturated rings. The van der Waals surface area contributed by atoms with Crippen LogP contribution in [0.1, 0.15) is 11.1 Å². The van der Waals surface area contributed by atoms with Crippen molar-refractivity contribution in [1.29, 1.82) is 0 Å². The van der Waals surface area contributed by atoms with Gasteiger partial charge in [-0.3, -0.25) is 0 Å². The first-order valence-electron chi connectivity index (χ1n) is 7.03. The third-order valence-electron chi connectivity index (χ3n) is 3.40. The van der Waals surface area contributed by atoms with Crippen molar-refractivity contribution in [1.82, 2.24) is 0 Å². The monoisotopic (exact) mass is 306 g/mol. The molecule has 22 heavy (non-hydrogen) atoms. The standard InChI is InChI=1S/C17H20FNO3/c1-20-15-8-13(9-16(21-2)17(15)22-3)11-19-10-12-4-6-14(18)7-5-12/h4-9,19H,10-11H2,1-3H3/p+1. The molecule has 0 radical (unpaired) electrons. The Morgan fingerprint density at radius 2 is 1.36 bits per heavy atom. The summed E-state index contributed by atoms with van der Waals surface area (Å²) in [5.41, 5.74) is 2.14. The topological polar surface area (TPSA) is 44.3 Å². The molecule has 0 saturated carbocycles. The van der Waals surface area contributed by atoms with Gasteiger partial charge >= 0.3 is 0 Å². The van der Waals surface area contributed by atoms with E-state index >= 15 is 0 Å². The molecule has 2 aromatic rings. The van der Waals surface area contributed by atoms with Gasteiger partial charge in [0.2, 0.25) is 5.75 Å². The van der Waals surface area contributed by atoms with Crippen molar-refractivity contribution >= 4 is 0 Å². The molecule has 0 aliphatic rings. The summed E-state index contributed by atoms with van der Waals surface area (Å²) in [6, 6.07) is 10.4. The first-order valence-corrected chi connectivity index (χ1v) is 7.03. The number of halogens is 1. The maximum atomic E-state index is 12.9. The van der Waals surface area contributed by atoms with Crippen molar-refractivity contribution in [3.63, 3.8) is 0 Å². The number of quaternary nitrogens is 1. The Labute approximate surface area is 129 Å². The molecule has 0 bridgehead atoms. The number of methoxy groups -OCH3 is 3. The van der Waals surface area contributed by atoms with Crippen LogP contribution in [0.5, 0.6) is 17.2 Å². The van der Waals surface area contributed by atoms with Gasteiger partial charge in [-0.15, -0.1) is 0 Å². The summed E-state index contributed by atoms with van der Waals surface area (Å²) in [4.78, 5) is 0. The van der Waals surface area contributed by atoms with E-state index < -0.39 is 0 Å². The van der Waals surface area contributed by atoms with E-state index in [0.717, 1.165) is 24.2 Å². The van der Waals surface area contributed by atoms with Crippen LogP contribution in [-0.2, 0) is 13.1 Å². The minimum Gasteiger partial charge on any atom is -0.493 e. The molecule has 4 nitrogen and oxygen atoms in total. The van der Waals surface area contributed by atoms with Crippen LogP contribution in [0.2, 0.25) is 0 Å². The van der Waals surface area contributed by atoms with E-state index in [-0.39, 0.29) is 5.82 Å². The normalized spacial score (nSPS) is 10.4. The van der Waals surface area contributed by atoms with Crippen molar-refractivity contribution in [3.05, 3.63) is 53.3 Å². The van der Waals surface area contributed by atoms with Gasteiger partial charge in [-0.1, -0.05) is 12.1 Å². The second kappa shape index (κ2) is 7.66. The second-order valence-electron chi connectivity index (χ2n) is 4.86. The Hall–Kier alpha value is -2.27. The largest absolute Gasteiger partial charge is 0.493 e. The van der Waals surface area contributed by atoms with Gasteiger partial charge in [-0.25, -0.2) is 4.39 Å². The van der Waals surface area contributed by atoms with E-state index in [2.05, 4.69) is 5.32 Å². The molecule has 0 atom stereocenters. The fraction of sp³-hybridized carbons (Fsp3) is 0.294. The summed E-state index contributed by atoms with van der Waals surface area (Å²) in [7, 11) is 4.79. The Kier molecular flexibility index (Phi) is 5.61. The van der Waals surface area contributed by atoms with E-state index in [9.17, 15) is 4.39 Å². The van der Waals surface area contributed by atoms with E-state index in [1.165, 1.54) is 12.1 Å². The first-order chi connectivity index (χ1) is 10.7. The fourth-order valence-corrected chi connectivity index (χ4v) is 2.28. The summed E-state index contributed by atoms with van der Waals surface area (Å²) < 4.78 is 28.8. The van der Waals surface area contributed by atoms with Crippen LogP contribution in [0.3, 0.4) is 0 Å². The highest BCUT2D eigenvalue weighted by Crippen LogP contribution is 2.37. The van der Waals surface area contributed by atoms with Crippen LogP contribution in [0.25, 0.3) is 0 Å². The van der Waals surface area contributed by atoms with Crippen molar-refractivity contribution < 1.29 is 23.9 Å². The molecule has 0 aliphatic carbocycles. The van der Waals surface area contributed by atoms with Gasteiger partial charge in [-0.05, 0) is 24.3 Å². The zero-order valence-electron chi connectivity index (χ0n) is 13.1. The lowest BCUT2D eigenvalue weighted by Crippen LogP contribution is -2.80. The quantitative estimate of drug-likeness (QED) is 0.852. The van der Waals surface area contributed by atoms with E-state index in [1.807, 2.05) is 12.1 Å². The maximum Gasteiger partial charge on any atom is 0.203 e. The number of hydrogen-bond donors (Lipinski definition) is 1. The van der Waals surface area contributed by atoms with Crippen LogP contribution < -0.4 is 19.5 Å². The van der Waals surface area contributed by atoms with Crippen molar-refractivity contribution in [2.75, 3.05) is 21.3 Å². The van der Waals surface area contributed by atoms with Crippen LogP contribution in [-0.4, -0.2) is 21.3 Å². The Morgan fingerprint density at radius 1 is 0.818 bits per heavy atom. The van der Waals surface area contributed by atoms with Gasteiger partial charge in [0.15, 0.2) is 11.5 Å². The molecule has 2 N–H and O–H groups in total. The van der Waals surface area contributed by atoms with Gasteiger partial charge < -0.3 is 19.5 Å². The average molecular weight is 306 g/mol. The lowest BCUT2D eigenvalue weighted by Gasteiger charge is -2.13. The molecule has 2 aromatic carbocycles. The van der Waals surface area contributed by atoms with Gasteiger partial charge in [0.25, 0.3) is 0 Å². The molecule has 0 aliphatic heterocycles. The lowest BCUT2D eigenvalue weighted by atomic mass is 10.1. The Bertz CT molecular complexity index is 589. The van der Waals surface area contributed by atoms with Crippen molar-refractivity contribution in [2.24, 2.45) is 0 Å². The summed E-state index contributed by atoms with van der Waals surface area (Å²) >= 11 is 0. The number of hydrogen-bond acceptors (Lipinski definition) is 3. The van der Waals surface area contributed by atoms with Gasteiger partial charge in [-0.2, -0.15) is 0 Å². The molecule has 0 heterocycles. The number of nitrogens with two attached hydrogens (primary N) is 1. The maximum absolute atomic E-state index is 12.9. The van der Waals surface area contributed by atoms with Crippen molar-refractivity contribution in [2.45, 2.75) is 13.1 Å². The second-order valence-corrected chi connectivity index (χ2v) is 4.86. The third kappa shape index (κ3) is 3.89. The molecule has 118 valence electrons. The predicted molar refractivity (Wildman–Crippen MR) is 81.8 cm³/mol. The molecule has 2 rings (SSSR count). The predicted octanol–water partition coefficient (Wildman–Crippen LogP) is 2.12. The molecule has 0 amide bonds. The Balaban J connectivity index is 2.04. The zero-order chi connectivity index (χ0) is 15.9. The fourth-order valence-electron chi connectivity index (χ4n) is 2.28. The molecule has 0 saturated heterocycles. The summed E-state index contributed by atoms with van der Waals surface area (Å²) in [5, 5.41) is 2.13. The first kappa shape index (κ1) is 16.1. The molecule has 0 aromatic heterocycles. The lowest BCUT2D eigenvalue weighted by molar-refractivity contribution is -0.686. The molecule has 5 heteroatoms. The highest BCUT2D eigenvalue weighted by atomic mass is 19.1. The van der Waals surface area contributed by atoms with Crippen molar-refractivity contribution in [3.8, 4) is 17.2 Å². The minimum absolute atomic E-state index is 0.214. The van der Waals surface area contributed by atoms with Gasteiger partial charge in [0.05, 0.1) is 21.3 Å². The van der Waals surface area contributed by atoms with E-state index in [0.29, 0.717) is 17.2 Å². The van der Waals surface area contributed by atoms with Crippen LogP contribution in [0.15, 0.2) is 36.4 Å². The highest BCUT2D eigenvalue weighted by Gasteiger charge is 2.13. The van der Waals surface area contributed by atoms with Gasteiger partial charge in [0.1, 0.15) is 18.9 Å². The number of ether oxygens (including phenoxy) is 3. The SMILES string of the molecule is COc1cc(C[NH2+]Cc2ccc(F)cc2)cc(OC)c1OC. The van der Waals surface area contributed by atoms with Crippen LogP contribution in [0.4, 0.5) is 4.39 Å². The van der Waals surface area contributed by atoms with E-state index in [4.69, 9.17) is 14.2 Å². The molecular weight excluding hydrogens is 285 g/mol. The summed E-state index contributed by atoms with van der Waals surface area (Å²) in [6.45, 7) is 1.53. The molecule has 0 spiro atoms. The Morgan fingerprint density at radius 3 is 1.86 bits per heavy atom. The number of benzene rings is 2. The van der Waals surface area contributed by atoms with Crippen LogP contribution >= 0.6 is 0 Å². The third-order valence-corrected chi connectivity index (χ3v) is 3.40. The average Bonchev–Trinajstić information content (AvgIpc) is 2.55. The highest BCUT2D eigenvalue weighted by molar-refractivity contribution is 5.53.